The van der Waals surface area contributed by atoms with Gasteiger partial charge in [0.2, 0.25) is 0 Å². The van der Waals surface area contributed by atoms with Crippen molar-refractivity contribution in [2.75, 3.05) is 13.7 Å². The normalized spacial score (nSPS) is 11.8. The molecule has 122 valence electrons. The molecule has 0 aliphatic heterocycles. The maximum Gasteiger partial charge on any atom is 0.255 e. The molecule has 5 heteroatoms. The highest BCUT2D eigenvalue weighted by atomic mass is 19.1. The standard InChI is InChI=1S/C18H20FNO3/c1-13(11-22-2)20-18(21)16-5-3-4-6-17(16)23-12-14-7-9-15(19)10-8-14/h3-10,13H,11-12H2,1-2H3,(H,20,21). The van der Waals surface area contributed by atoms with E-state index in [4.69, 9.17) is 9.47 Å². The molecule has 0 aromatic heterocycles. The molecule has 1 N–H and O–H groups in total. The summed E-state index contributed by atoms with van der Waals surface area (Å²) in [6.07, 6.45) is 0. The van der Waals surface area contributed by atoms with Crippen LogP contribution in [0.4, 0.5) is 4.39 Å². The minimum Gasteiger partial charge on any atom is -0.488 e. The molecule has 2 aromatic rings. The number of halogens is 1. The molecule has 1 amide bonds. The van der Waals surface area contributed by atoms with Gasteiger partial charge < -0.3 is 14.8 Å². The van der Waals surface area contributed by atoms with E-state index in [0.717, 1.165) is 5.56 Å². The predicted molar refractivity (Wildman–Crippen MR) is 86.0 cm³/mol. The maximum absolute atomic E-state index is 12.9. The molecule has 2 rings (SSSR count). The van der Waals surface area contributed by atoms with Gasteiger partial charge in [-0.05, 0) is 36.8 Å². The Balaban J connectivity index is 2.04. The average Bonchev–Trinajstić information content (AvgIpc) is 2.55. The molecule has 0 saturated carbocycles. The lowest BCUT2D eigenvalue weighted by molar-refractivity contribution is 0.0901. The van der Waals surface area contributed by atoms with Crippen molar-refractivity contribution < 1.29 is 18.7 Å². The van der Waals surface area contributed by atoms with Gasteiger partial charge in [0.15, 0.2) is 0 Å². The summed E-state index contributed by atoms with van der Waals surface area (Å²) in [5.41, 5.74) is 1.28. The summed E-state index contributed by atoms with van der Waals surface area (Å²) in [5.74, 6) is -0.0242. The van der Waals surface area contributed by atoms with Crippen molar-refractivity contribution in [3.05, 3.63) is 65.5 Å². The van der Waals surface area contributed by atoms with Crippen molar-refractivity contribution in [3.63, 3.8) is 0 Å². The molecule has 0 heterocycles. The Morgan fingerprint density at radius 1 is 1.17 bits per heavy atom. The van der Waals surface area contributed by atoms with Gasteiger partial charge in [0, 0.05) is 13.2 Å². The quantitative estimate of drug-likeness (QED) is 0.853. The molecular weight excluding hydrogens is 297 g/mol. The van der Waals surface area contributed by atoms with Crippen molar-refractivity contribution >= 4 is 5.91 Å². The summed E-state index contributed by atoms with van der Waals surface area (Å²) in [6, 6.07) is 13.0. The third-order valence-electron chi connectivity index (χ3n) is 3.23. The third kappa shape index (κ3) is 5.07. The van der Waals surface area contributed by atoms with Crippen LogP contribution >= 0.6 is 0 Å². The van der Waals surface area contributed by atoms with E-state index in [0.29, 0.717) is 17.9 Å². The zero-order valence-corrected chi connectivity index (χ0v) is 13.2. The van der Waals surface area contributed by atoms with Gasteiger partial charge in [0.05, 0.1) is 12.2 Å². The Bertz CT molecular complexity index is 643. The van der Waals surface area contributed by atoms with E-state index in [1.165, 1.54) is 12.1 Å². The molecule has 0 spiro atoms. The van der Waals surface area contributed by atoms with Gasteiger partial charge in [-0.25, -0.2) is 4.39 Å². The first kappa shape index (κ1) is 17.0. The fraction of sp³-hybridized carbons (Fsp3) is 0.278. The summed E-state index contributed by atoms with van der Waals surface area (Å²) in [5, 5.41) is 2.85. The fourth-order valence-electron chi connectivity index (χ4n) is 2.12. The van der Waals surface area contributed by atoms with E-state index >= 15 is 0 Å². The second-order valence-corrected chi connectivity index (χ2v) is 5.24. The molecule has 2 aromatic carbocycles. The third-order valence-corrected chi connectivity index (χ3v) is 3.23. The highest BCUT2D eigenvalue weighted by molar-refractivity contribution is 5.97. The Hall–Kier alpha value is -2.40. The molecule has 0 radical (unpaired) electrons. The van der Waals surface area contributed by atoms with Gasteiger partial charge in [-0.2, -0.15) is 0 Å². The van der Waals surface area contributed by atoms with E-state index in [1.54, 1.807) is 43.5 Å². The van der Waals surface area contributed by atoms with Crippen LogP contribution in [0.25, 0.3) is 0 Å². The van der Waals surface area contributed by atoms with Gasteiger partial charge in [0.25, 0.3) is 5.91 Å². The Kier molecular flexibility index (Phi) is 6.11. The van der Waals surface area contributed by atoms with Crippen LogP contribution in [0.5, 0.6) is 5.75 Å². The lowest BCUT2D eigenvalue weighted by atomic mass is 10.1. The second kappa shape index (κ2) is 8.29. The number of ether oxygens (including phenoxy) is 2. The van der Waals surface area contributed by atoms with Crippen molar-refractivity contribution in [1.29, 1.82) is 0 Å². The number of rotatable bonds is 7. The van der Waals surface area contributed by atoms with Crippen LogP contribution in [0.1, 0.15) is 22.8 Å². The number of nitrogens with one attached hydrogen (secondary N) is 1. The zero-order valence-electron chi connectivity index (χ0n) is 13.2. The van der Waals surface area contributed by atoms with Crippen LogP contribution < -0.4 is 10.1 Å². The number of para-hydroxylation sites is 1. The van der Waals surface area contributed by atoms with Crippen LogP contribution in [0, 0.1) is 5.82 Å². The van der Waals surface area contributed by atoms with E-state index in [2.05, 4.69) is 5.32 Å². The number of hydrogen-bond donors (Lipinski definition) is 1. The van der Waals surface area contributed by atoms with Crippen molar-refractivity contribution in [1.82, 2.24) is 5.32 Å². The van der Waals surface area contributed by atoms with Crippen molar-refractivity contribution in [2.45, 2.75) is 19.6 Å². The van der Waals surface area contributed by atoms with Gasteiger partial charge in [-0.1, -0.05) is 24.3 Å². The number of amides is 1. The first-order valence-corrected chi connectivity index (χ1v) is 7.36. The van der Waals surface area contributed by atoms with Crippen molar-refractivity contribution in [3.8, 4) is 5.75 Å². The van der Waals surface area contributed by atoms with Crippen LogP contribution in [0.15, 0.2) is 48.5 Å². The highest BCUT2D eigenvalue weighted by Gasteiger charge is 2.14. The van der Waals surface area contributed by atoms with Gasteiger partial charge >= 0.3 is 0 Å². The smallest absolute Gasteiger partial charge is 0.255 e. The summed E-state index contributed by atoms with van der Waals surface area (Å²) in [7, 11) is 1.59. The van der Waals surface area contributed by atoms with E-state index in [9.17, 15) is 9.18 Å². The summed E-state index contributed by atoms with van der Waals surface area (Å²) >= 11 is 0. The SMILES string of the molecule is COCC(C)NC(=O)c1ccccc1OCc1ccc(F)cc1. The second-order valence-electron chi connectivity index (χ2n) is 5.24. The monoisotopic (exact) mass is 317 g/mol. The van der Waals surface area contributed by atoms with Crippen LogP contribution in [-0.4, -0.2) is 25.7 Å². The number of carbonyl (C=O) groups is 1. The maximum atomic E-state index is 12.9. The molecule has 1 unspecified atom stereocenters. The summed E-state index contributed by atoms with van der Waals surface area (Å²) in [4.78, 5) is 12.3. The molecule has 0 aliphatic rings. The molecule has 0 bridgehead atoms. The lowest BCUT2D eigenvalue weighted by Crippen LogP contribution is -2.35. The minimum absolute atomic E-state index is 0.0994. The molecule has 4 nitrogen and oxygen atoms in total. The molecule has 23 heavy (non-hydrogen) atoms. The van der Waals surface area contributed by atoms with Crippen LogP contribution in [-0.2, 0) is 11.3 Å². The van der Waals surface area contributed by atoms with E-state index in [-0.39, 0.29) is 24.4 Å². The first-order valence-electron chi connectivity index (χ1n) is 7.36. The van der Waals surface area contributed by atoms with Crippen LogP contribution in [0.3, 0.4) is 0 Å². The van der Waals surface area contributed by atoms with Gasteiger partial charge in [0.1, 0.15) is 18.2 Å². The Labute approximate surface area is 135 Å². The molecule has 1 atom stereocenters. The molecule has 0 fully saturated rings. The minimum atomic E-state index is -0.291. The molecule has 0 aliphatic carbocycles. The number of carbonyl (C=O) groups excluding carboxylic acids is 1. The van der Waals surface area contributed by atoms with Crippen molar-refractivity contribution in [2.24, 2.45) is 0 Å². The summed E-state index contributed by atoms with van der Waals surface area (Å²) < 4.78 is 23.6. The highest BCUT2D eigenvalue weighted by Crippen LogP contribution is 2.19. The predicted octanol–water partition coefficient (Wildman–Crippen LogP) is 3.17. The topological polar surface area (TPSA) is 47.6 Å². The zero-order chi connectivity index (χ0) is 16.7. The number of hydrogen-bond acceptors (Lipinski definition) is 3. The van der Waals surface area contributed by atoms with E-state index < -0.39 is 0 Å². The molecular formula is C18H20FNO3. The van der Waals surface area contributed by atoms with E-state index in [1.807, 2.05) is 6.92 Å². The van der Waals surface area contributed by atoms with Gasteiger partial charge in [-0.15, -0.1) is 0 Å². The first-order chi connectivity index (χ1) is 11.1. The largest absolute Gasteiger partial charge is 0.488 e. The van der Waals surface area contributed by atoms with Gasteiger partial charge in [-0.3, -0.25) is 4.79 Å². The Morgan fingerprint density at radius 2 is 1.87 bits per heavy atom. The Morgan fingerprint density at radius 3 is 2.57 bits per heavy atom. The molecule has 0 saturated heterocycles. The number of methoxy groups -OCH3 is 1. The summed E-state index contributed by atoms with van der Waals surface area (Å²) in [6.45, 7) is 2.56. The lowest BCUT2D eigenvalue weighted by Gasteiger charge is -2.15. The van der Waals surface area contributed by atoms with Crippen LogP contribution in [0.2, 0.25) is 0 Å². The fourth-order valence-corrected chi connectivity index (χ4v) is 2.12. The average molecular weight is 317 g/mol. The number of benzene rings is 2.